The fourth-order valence-electron chi connectivity index (χ4n) is 2.88. The Hall–Kier alpha value is -3.86. The van der Waals surface area contributed by atoms with Crippen molar-refractivity contribution in [2.24, 2.45) is 0 Å². The highest BCUT2D eigenvalue weighted by molar-refractivity contribution is 6.04. The van der Waals surface area contributed by atoms with Gasteiger partial charge in [0.1, 0.15) is 18.2 Å². The summed E-state index contributed by atoms with van der Waals surface area (Å²) >= 11 is 0. The Morgan fingerprint density at radius 3 is 2.45 bits per heavy atom. The van der Waals surface area contributed by atoms with Crippen LogP contribution in [0.2, 0.25) is 0 Å². The number of nitrogens with zero attached hydrogens (tertiary/aromatic N) is 3. The molecular weight excluding hydrogens is 372 g/mol. The minimum Gasteiger partial charge on any atom is -0.468 e. The van der Waals surface area contributed by atoms with E-state index in [2.05, 4.69) is 5.32 Å². The lowest BCUT2D eigenvalue weighted by molar-refractivity contribution is -0.139. The molecule has 8 nitrogen and oxygen atoms in total. The number of nitrogens with one attached hydrogen (secondary N) is 1. The molecule has 150 valence electrons. The molecule has 0 aliphatic carbocycles. The Bertz CT molecular complexity index is 1000. The number of aryl methyl sites for hydroxylation is 1. The number of likely N-dealkylation sites (N-methyl/N-ethyl adjacent to an activating group) is 1. The zero-order valence-electron chi connectivity index (χ0n) is 16.7. The van der Waals surface area contributed by atoms with Crippen LogP contribution in [0, 0.1) is 25.2 Å². The summed E-state index contributed by atoms with van der Waals surface area (Å²) in [5, 5.41) is 12.9. The Morgan fingerprint density at radius 2 is 1.90 bits per heavy atom. The van der Waals surface area contributed by atoms with Crippen LogP contribution in [-0.4, -0.2) is 43.2 Å². The Labute approximate surface area is 169 Å². The van der Waals surface area contributed by atoms with E-state index < -0.39 is 11.9 Å². The van der Waals surface area contributed by atoms with Crippen molar-refractivity contribution in [2.45, 2.75) is 13.8 Å². The van der Waals surface area contributed by atoms with E-state index in [9.17, 15) is 19.6 Å². The number of nitriles is 1. The topological polar surface area (TPSA) is 104 Å². The predicted octanol–water partition coefficient (Wildman–Crippen LogP) is 1.71. The molecular formula is C21H22N4O4. The summed E-state index contributed by atoms with van der Waals surface area (Å²) in [6, 6.07) is 12.2. The van der Waals surface area contributed by atoms with Gasteiger partial charge in [-0.2, -0.15) is 5.26 Å². The van der Waals surface area contributed by atoms with Gasteiger partial charge >= 0.3 is 5.97 Å². The molecule has 0 bridgehead atoms. The highest BCUT2D eigenvalue weighted by atomic mass is 16.5. The number of methoxy groups -OCH3 is 1. The summed E-state index contributed by atoms with van der Waals surface area (Å²) in [7, 11) is 2.69. The van der Waals surface area contributed by atoms with Crippen molar-refractivity contribution >= 4 is 23.9 Å². The summed E-state index contributed by atoms with van der Waals surface area (Å²) < 4.78 is 6.33. The van der Waals surface area contributed by atoms with Crippen LogP contribution in [0.4, 0.5) is 0 Å². The maximum Gasteiger partial charge on any atom is 0.327 e. The van der Waals surface area contributed by atoms with Crippen LogP contribution in [0.3, 0.4) is 0 Å². The Morgan fingerprint density at radius 1 is 1.24 bits per heavy atom. The normalized spacial score (nSPS) is 10.8. The highest BCUT2D eigenvalue weighted by Crippen LogP contribution is 2.20. The fourth-order valence-corrected chi connectivity index (χ4v) is 2.88. The molecule has 0 spiro atoms. The van der Waals surface area contributed by atoms with Gasteiger partial charge in [-0.25, -0.2) is 5.01 Å². The first-order valence-electron chi connectivity index (χ1n) is 8.80. The number of ether oxygens (including phenoxy) is 1. The number of esters is 1. The smallest absolute Gasteiger partial charge is 0.327 e. The molecule has 2 amide bonds. The van der Waals surface area contributed by atoms with E-state index in [-0.39, 0.29) is 18.0 Å². The average molecular weight is 394 g/mol. The second kappa shape index (κ2) is 9.37. The highest BCUT2D eigenvalue weighted by Gasteiger charge is 2.24. The van der Waals surface area contributed by atoms with Gasteiger partial charge in [0.25, 0.3) is 11.8 Å². The van der Waals surface area contributed by atoms with Gasteiger partial charge in [-0.3, -0.25) is 19.1 Å². The van der Waals surface area contributed by atoms with Gasteiger partial charge in [0.2, 0.25) is 0 Å². The van der Waals surface area contributed by atoms with E-state index in [0.717, 1.165) is 0 Å². The van der Waals surface area contributed by atoms with Crippen LogP contribution in [0.25, 0.3) is 6.08 Å². The molecule has 1 heterocycles. The molecule has 0 aliphatic heterocycles. The maximum atomic E-state index is 13.1. The van der Waals surface area contributed by atoms with Gasteiger partial charge in [-0.1, -0.05) is 18.2 Å². The third-order valence-corrected chi connectivity index (χ3v) is 4.33. The van der Waals surface area contributed by atoms with Gasteiger partial charge < -0.3 is 10.1 Å². The second-order valence-corrected chi connectivity index (χ2v) is 6.19. The molecule has 2 rings (SSSR count). The van der Waals surface area contributed by atoms with Crippen LogP contribution in [0.5, 0.6) is 0 Å². The number of hydrogen-bond acceptors (Lipinski definition) is 5. The van der Waals surface area contributed by atoms with E-state index in [1.165, 1.54) is 25.2 Å². The van der Waals surface area contributed by atoms with Crippen molar-refractivity contribution in [1.82, 2.24) is 9.99 Å². The monoisotopic (exact) mass is 394 g/mol. The van der Waals surface area contributed by atoms with Crippen LogP contribution in [0.15, 0.2) is 42.0 Å². The van der Waals surface area contributed by atoms with E-state index in [1.807, 2.05) is 6.07 Å². The Balaban J connectivity index is 2.57. The summed E-state index contributed by atoms with van der Waals surface area (Å²) in [5.74, 6) is -1.48. The lowest BCUT2D eigenvalue weighted by atomic mass is 10.1. The fraction of sp³-hybridized carbons (Fsp3) is 0.238. The first kappa shape index (κ1) is 21.4. The number of hydrogen-bond donors (Lipinski definition) is 1. The first-order chi connectivity index (χ1) is 13.8. The Kier molecular flexibility index (Phi) is 6.93. The average Bonchev–Trinajstić information content (AvgIpc) is 3.02. The van der Waals surface area contributed by atoms with E-state index in [4.69, 9.17) is 4.74 Å². The molecule has 1 aromatic heterocycles. The minimum atomic E-state index is -0.582. The third-order valence-electron chi connectivity index (χ3n) is 4.33. The molecule has 0 unspecified atom stereocenters. The predicted molar refractivity (Wildman–Crippen MR) is 107 cm³/mol. The molecule has 0 atom stereocenters. The van der Waals surface area contributed by atoms with Crippen molar-refractivity contribution in [3.63, 3.8) is 0 Å². The summed E-state index contributed by atoms with van der Waals surface area (Å²) in [4.78, 5) is 36.9. The van der Waals surface area contributed by atoms with E-state index in [0.29, 0.717) is 22.5 Å². The first-order valence-corrected chi connectivity index (χ1v) is 8.80. The molecule has 0 saturated carbocycles. The molecule has 1 aromatic carbocycles. The molecule has 29 heavy (non-hydrogen) atoms. The molecule has 0 fully saturated rings. The molecule has 8 heteroatoms. The zero-order chi connectivity index (χ0) is 21.6. The quantitative estimate of drug-likeness (QED) is 0.456. The SMILES string of the molecule is CNC(=O)/C(C#N)=C\c1cc(C)n(N(CC(=O)OC)C(=O)c2ccccc2)c1C. The number of rotatable bonds is 6. The number of carbonyl (C=O) groups is 3. The largest absolute Gasteiger partial charge is 0.468 e. The van der Waals surface area contributed by atoms with Crippen LogP contribution >= 0.6 is 0 Å². The van der Waals surface area contributed by atoms with E-state index in [1.54, 1.807) is 54.9 Å². The number of aromatic nitrogens is 1. The molecule has 2 aromatic rings. The molecule has 0 saturated heterocycles. The van der Waals surface area contributed by atoms with Gasteiger partial charge in [0.15, 0.2) is 0 Å². The van der Waals surface area contributed by atoms with Gasteiger partial charge in [-0.05, 0) is 43.7 Å². The van der Waals surface area contributed by atoms with E-state index >= 15 is 0 Å². The van der Waals surface area contributed by atoms with Gasteiger partial charge in [0.05, 0.1) is 7.11 Å². The third kappa shape index (κ3) is 4.71. The standard InChI is InChI=1S/C21H22N4O4/c1-14-10-17(11-18(12-22)20(27)23-3)15(2)25(14)24(13-19(26)29-4)21(28)16-8-6-5-7-9-16/h5-11H,13H2,1-4H3,(H,23,27)/b18-11-. The lowest BCUT2D eigenvalue weighted by Gasteiger charge is -2.26. The maximum absolute atomic E-state index is 13.1. The van der Waals surface area contributed by atoms with Crippen molar-refractivity contribution in [3.8, 4) is 6.07 Å². The lowest BCUT2D eigenvalue weighted by Crippen LogP contribution is -2.45. The second-order valence-electron chi connectivity index (χ2n) is 6.19. The summed E-state index contributed by atoms with van der Waals surface area (Å²) in [6.45, 7) is 3.20. The molecule has 0 aliphatic rings. The van der Waals surface area contributed by atoms with Crippen molar-refractivity contribution < 1.29 is 19.1 Å². The van der Waals surface area contributed by atoms with Crippen molar-refractivity contribution in [2.75, 3.05) is 25.7 Å². The van der Waals surface area contributed by atoms with Gasteiger partial charge in [-0.15, -0.1) is 0 Å². The van der Waals surface area contributed by atoms with Crippen molar-refractivity contribution in [3.05, 3.63) is 64.5 Å². The number of benzene rings is 1. The summed E-state index contributed by atoms with van der Waals surface area (Å²) in [6.07, 6.45) is 1.45. The molecule has 0 radical (unpaired) electrons. The number of amides is 2. The summed E-state index contributed by atoms with van der Waals surface area (Å²) in [5.41, 5.74) is 2.16. The number of carbonyl (C=O) groups excluding carboxylic acids is 3. The van der Waals surface area contributed by atoms with Crippen molar-refractivity contribution in [1.29, 1.82) is 5.26 Å². The zero-order valence-corrected chi connectivity index (χ0v) is 16.7. The molecule has 1 N–H and O–H groups in total. The van der Waals surface area contributed by atoms with Gasteiger partial charge in [0, 0.05) is 24.0 Å². The van der Waals surface area contributed by atoms with Crippen LogP contribution < -0.4 is 10.3 Å². The van der Waals surface area contributed by atoms with Crippen LogP contribution in [0.1, 0.15) is 27.3 Å². The van der Waals surface area contributed by atoms with Crippen LogP contribution in [-0.2, 0) is 14.3 Å². The minimum absolute atomic E-state index is 0.0679.